The zero-order valence-corrected chi connectivity index (χ0v) is 17.3. The predicted octanol–water partition coefficient (Wildman–Crippen LogP) is 4.11. The third kappa shape index (κ3) is 7.44. The minimum atomic E-state index is -5.08. The molecule has 2 heterocycles. The van der Waals surface area contributed by atoms with E-state index in [1.54, 1.807) is 0 Å². The second-order valence-corrected chi connectivity index (χ2v) is 8.00. The molecule has 10 heteroatoms. The van der Waals surface area contributed by atoms with Crippen LogP contribution in [-0.2, 0) is 16.0 Å². The van der Waals surface area contributed by atoms with Gasteiger partial charge in [0.1, 0.15) is 0 Å². The third-order valence-electron chi connectivity index (χ3n) is 5.38. The molecule has 32 heavy (non-hydrogen) atoms. The maximum Gasteiger partial charge on any atom is 0.490 e. The largest absolute Gasteiger partial charge is 0.490 e. The molecule has 0 radical (unpaired) electrons. The topological polar surface area (TPSA) is 75.5 Å². The molecular weight excluding hydrogens is 430 g/mol. The number of alkyl halides is 3. The Labute approximate surface area is 183 Å². The van der Waals surface area contributed by atoms with Crippen molar-refractivity contribution in [1.82, 2.24) is 9.97 Å². The van der Waals surface area contributed by atoms with Crippen molar-refractivity contribution in [1.29, 1.82) is 0 Å². The Morgan fingerprint density at radius 1 is 1.12 bits per heavy atom. The van der Waals surface area contributed by atoms with Crippen molar-refractivity contribution < 1.29 is 32.2 Å². The molecule has 2 aromatic rings. The van der Waals surface area contributed by atoms with E-state index in [2.05, 4.69) is 39.1 Å². The molecule has 174 valence electrons. The Bertz CT molecular complexity index is 861. The number of aromatic nitrogens is 2. The molecule has 1 aromatic heterocycles. The molecule has 1 saturated carbocycles. The number of carbonyl (C=O) groups is 1. The van der Waals surface area contributed by atoms with E-state index in [-0.39, 0.29) is 6.10 Å². The molecule has 1 aliphatic heterocycles. The Hall–Kier alpha value is -2.75. The highest BCUT2D eigenvalue weighted by atomic mass is 19.4. The summed E-state index contributed by atoms with van der Waals surface area (Å²) in [5, 5.41) is 7.12. The van der Waals surface area contributed by atoms with Crippen LogP contribution in [0.3, 0.4) is 0 Å². The minimum absolute atomic E-state index is 0.275. The molecule has 4 rings (SSSR count). The first-order valence-electron chi connectivity index (χ1n) is 10.4. The number of ether oxygens (including phenoxy) is 1. The van der Waals surface area contributed by atoms with E-state index in [1.807, 2.05) is 6.07 Å². The average Bonchev–Trinajstić information content (AvgIpc) is 3.58. The summed E-state index contributed by atoms with van der Waals surface area (Å²) in [5.41, 5.74) is 1.33. The lowest BCUT2D eigenvalue weighted by molar-refractivity contribution is -0.192. The highest BCUT2D eigenvalue weighted by Gasteiger charge is 2.38. The van der Waals surface area contributed by atoms with Gasteiger partial charge in [-0.15, -0.1) is 0 Å². The second-order valence-electron chi connectivity index (χ2n) is 8.00. The molecule has 2 fully saturated rings. The smallest absolute Gasteiger partial charge is 0.475 e. The lowest BCUT2D eigenvalue weighted by Crippen LogP contribution is -2.46. The van der Waals surface area contributed by atoms with E-state index in [0.717, 1.165) is 38.5 Å². The quantitative estimate of drug-likeness (QED) is 0.661. The van der Waals surface area contributed by atoms with Gasteiger partial charge in [-0.25, -0.2) is 19.2 Å². The molecule has 1 aromatic carbocycles. The molecule has 0 unspecified atom stereocenters. The van der Waals surface area contributed by atoms with Crippen molar-refractivity contribution in [3.05, 3.63) is 54.1 Å². The minimum Gasteiger partial charge on any atom is -0.475 e. The summed E-state index contributed by atoms with van der Waals surface area (Å²) < 4.78 is 51.1. The Morgan fingerprint density at radius 2 is 1.75 bits per heavy atom. The first-order valence-corrected chi connectivity index (χ1v) is 10.4. The van der Waals surface area contributed by atoms with Crippen LogP contribution in [0.2, 0.25) is 0 Å². The lowest BCUT2D eigenvalue weighted by Gasteiger charge is -2.38. The Kier molecular flexibility index (Phi) is 8.00. The van der Waals surface area contributed by atoms with Crippen molar-refractivity contribution in [2.45, 2.75) is 38.0 Å². The molecule has 1 aliphatic carbocycles. The number of carboxylic acid groups (broad SMARTS) is 1. The van der Waals surface area contributed by atoms with E-state index in [9.17, 15) is 17.6 Å². The first kappa shape index (κ1) is 23.9. The zero-order valence-electron chi connectivity index (χ0n) is 17.3. The Morgan fingerprint density at radius 3 is 2.31 bits per heavy atom. The number of hydrogen-bond donors (Lipinski definition) is 1. The fourth-order valence-corrected chi connectivity index (χ4v) is 3.54. The van der Waals surface area contributed by atoms with Crippen LogP contribution in [0.15, 0.2) is 42.7 Å². The number of piperidine rings is 1. The van der Waals surface area contributed by atoms with Crippen LogP contribution in [0.25, 0.3) is 0 Å². The van der Waals surface area contributed by atoms with Gasteiger partial charge in [0.15, 0.2) is 5.82 Å². The number of nitrogens with zero attached hydrogens (tertiary/aromatic N) is 3. The maximum absolute atomic E-state index is 13.1. The molecule has 6 nitrogen and oxygen atoms in total. The Balaban J connectivity index is 0.000000360. The van der Waals surface area contributed by atoms with E-state index >= 15 is 0 Å². The number of anilines is 1. The molecular formula is C22H25F4N3O3. The van der Waals surface area contributed by atoms with Crippen LogP contribution in [0.4, 0.5) is 23.5 Å². The molecule has 1 saturated heterocycles. The number of hydrogen-bond acceptors (Lipinski definition) is 5. The third-order valence-corrected chi connectivity index (χ3v) is 5.38. The van der Waals surface area contributed by atoms with Crippen LogP contribution >= 0.6 is 0 Å². The van der Waals surface area contributed by atoms with Crippen LogP contribution in [0.5, 0.6) is 0 Å². The zero-order chi connectivity index (χ0) is 23.1. The van der Waals surface area contributed by atoms with Crippen molar-refractivity contribution >= 4 is 11.9 Å². The predicted molar refractivity (Wildman–Crippen MR) is 109 cm³/mol. The fourth-order valence-electron chi connectivity index (χ4n) is 3.54. The molecule has 0 spiro atoms. The van der Waals surface area contributed by atoms with Crippen LogP contribution in [-0.4, -0.2) is 53.0 Å². The van der Waals surface area contributed by atoms with E-state index in [0.29, 0.717) is 11.9 Å². The molecule has 2 aliphatic rings. The summed E-state index contributed by atoms with van der Waals surface area (Å²) in [7, 11) is 0. The highest BCUT2D eigenvalue weighted by Crippen LogP contribution is 2.32. The molecule has 0 bridgehead atoms. The average molecular weight is 455 g/mol. The summed E-state index contributed by atoms with van der Waals surface area (Å²) >= 11 is 0. The van der Waals surface area contributed by atoms with Gasteiger partial charge in [0, 0.05) is 25.6 Å². The van der Waals surface area contributed by atoms with Crippen molar-refractivity contribution in [2.24, 2.45) is 11.8 Å². The normalized spacial score (nSPS) is 20.9. The van der Waals surface area contributed by atoms with E-state index < -0.39 is 18.0 Å². The van der Waals surface area contributed by atoms with Gasteiger partial charge in [-0.1, -0.05) is 30.3 Å². The van der Waals surface area contributed by atoms with Crippen LogP contribution in [0.1, 0.15) is 24.8 Å². The summed E-state index contributed by atoms with van der Waals surface area (Å²) in [4.78, 5) is 19.4. The first-order chi connectivity index (χ1) is 15.2. The van der Waals surface area contributed by atoms with Crippen molar-refractivity contribution in [3.8, 4) is 0 Å². The second kappa shape index (κ2) is 10.7. The standard InChI is InChI=1S/C20H24FN3O.C2HF3O2/c21-18-11-22-20(23-12-18)24-9-8-19(25-14-16-6-7-16)17(13-24)10-15-4-2-1-3-5-15;3-2(4,5)1(6)7/h1-5,11-12,16-17,19H,6-10,13-14H2;(H,6,7)/t17-,19-;/m0./s1. The van der Waals surface area contributed by atoms with Gasteiger partial charge in [-0.2, -0.15) is 13.2 Å². The number of benzene rings is 1. The summed E-state index contributed by atoms with van der Waals surface area (Å²) in [6, 6.07) is 10.6. The summed E-state index contributed by atoms with van der Waals surface area (Å²) in [6.45, 7) is 2.59. The van der Waals surface area contributed by atoms with E-state index in [4.69, 9.17) is 14.6 Å². The van der Waals surface area contributed by atoms with Gasteiger partial charge >= 0.3 is 12.1 Å². The van der Waals surface area contributed by atoms with Crippen LogP contribution < -0.4 is 4.90 Å². The monoisotopic (exact) mass is 455 g/mol. The lowest BCUT2D eigenvalue weighted by atomic mass is 9.88. The number of rotatable bonds is 6. The van der Waals surface area contributed by atoms with Crippen LogP contribution in [0, 0.1) is 17.7 Å². The summed E-state index contributed by atoms with van der Waals surface area (Å²) in [6.07, 6.45) is 2.24. The molecule has 1 N–H and O–H groups in total. The van der Waals surface area contributed by atoms with Crippen molar-refractivity contribution in [3.63, 3.8) is 0 Å². The fraction of sp³-hybridized carbons (Fsp3) is 0.500. The van der Waals surface area contributed by atoms with Gasteiger partial charge in [-0.3, -0.25) is 0 Å². The van der Waals surface area contributed by atoms with Gasteiger partial charge in [0.05, 0.1) is 18.5 Å². The highest BCUT2D eigenvalue weighted by molar-refractivity contribution is 5.73. The molecule has 2 atom stereocenters. The SMILES string of the molecule is Fc1cnc(N2CC[C@H](OCC3CC3)[C@@H](Cc3ccccc3)C2)nc1.O=C(O)C(F)(F)F. The van der Waals surface area contributed by atoms with Gasteiger partial charge in [0.25, 0.3) is 0 Å². The number of aliphatic carboxylic acids is 1. The number of halogens is 4. The summed E-state index contributed by atoms with van der Waals surface area (Å²) in [5.74, 6) is -1.38. The van der Waals surface area contributed by atoms with Crippen molar-refractivity contribution in [2.75, 3.05) is 24.6 Å². The van der Waals surface area contributed by atoms with Gasteiger partial charge in [-0.05, 0) is 37.2 Å². The van der Waals surface area contributed by atoms with Gasteiger partial charge < -0.3 is 14.7 Å². The number of carboxylic acids is 1. The molecule has 0 amide bonds. The van der Waals surface area contributed by atoms with E-state index in [1.165, 1.54) is 30.8 Å². The van der Waals surface area contributed by atoms with Gasteiger partial charge in [0.2, 0.25) is 5.95 Å². The maximum atomic E-state index is 13.1.